The molecule has 0 aromatic heterocycles. The van der Waals surface area contributed by atoms with Gasteiger partial charge in [-0.3, -0.25) is 0 Å². The zero-order valence-electron chi connectivity index (χ0n) is 5.56. The molecule has 2 heteroatoms. The van der Waals surface area contributed by atoms with E-state index in [0.29, 0.717) is 12.2 Å². The van der Waals surface area contributed by atoms with E-state index in [1.807, 2.05) is 27.7 Å². The van der Waals surface area contributed by atoms with Gasteiger partial charge in [-0.25, -0.2) is 0 Å². The molecule has 0 bridgehead atoms. The van der Waals surface area contributed by atoms with E-state index >= 15 is 0 Å². The Bertz CT molecular complexity index is 37.8. The smallest absolute Gasteiger partial charge is 0.187 e. The Balaban J connectivity index is 0. The molecule has 0 aliphatic heterocycles. The third kappa shape index (κ3) is 9.70. The van der Waals surface area contributed by atoms with Gasteiger partial charge < -0.3 is 4.74 Å². The second-order valence-electron chi connectivity index (χ2n) is 2.23. The fraction of sp³-hybridized carbons (Fsp3) is 1.00. The average Bonchev–Trinajstić information content (AvgIpc) is 1.27. The topological polar surface area (TPSA) is 9.23 Å². The standard InChI is InChI=1S/C6H14O.Al.3H/c1-5(2)7-6(3)4;;;;/h5-6H,1-4H3;;;;. The molecule has 0 saturated heterocycles. The van der Waals surface area contributed by atoms with Crippen LogP contribution >= 0.6 is 0 Å². The van der Waals surface area contributed by atoms with E-state index in [1.165, 1.54) is 0 Å². The van der Waals surface area contributed by atoms with Crippen LogP contribution in [0.5, 0.6) is 0 Å². The van der Waals surface area contributed by atoms with Crippen molar-refractivity contribution < 1.29 is 4.74 Å². The minimum atomic E-state index is 0. The van der Waals surface area contributed by atoms with Gasteiger partial charge in [-0.1, -0.05) is 0 Å². The van der Waals surface area contributed by atoms with Crippen molar-refractivity contribution in [1.82, 2.24) is 0 Å². The van der Waals surface area contributed by atoms with Crippen LogP contribution in [0.1, 0.15) is 27.7 Å². The summed E-state index contributed by atoms with van der Waals surface area (Å²) in [7, 11) is 0. The molecule has 0 unspecified atom stereocenters. The normalized spacial score (nSPS) is 9.75. The van der Waals surface area contributed by atoms with Crippen molar-refractivity contribution >= 4 is 17.4 Å². The fourth-order valence-electron chi connectivity index (χ4n) is 0.544. The molecule has 0 heterocycles. The summed E-state index contributed by atoms with van der Waals surface area (Å²) in [5.41, 5.74) is 0. The molecule has 0 fully saturated rings. The summed E-state index contributed by atoms with van der Waals surface area (Å²) in [5, 5.41) is 0. The molecule has 8 heavy (non-hydrogen) atoms. The van der Waals surface area contributed by atoms with Gasteiger partial charge in [0, 0.05) is 0 Å². The zero-order valence-corrected chi connectivity index (χ0v) is 5.56. The van der Waals surface area contributed by atoms with Gasteiger partial charge in [0.1, 0.15) is 0 Å². The van der Waals surface area contributed by atoms with E-state index in [4.69, 9.17) is 4.74 Å². The van der Waals surface area contributed by atoms with Crippen LogP contribution in [0.3, 0.4) is 0 Å². The Morgan fingerprint density at radius 2 is 1.12 bits per heavy atom. The quantitative estimate of drug-likeness (QED) is 0.501. The molecule has 0 rings (SSSR count). The van der Waals surface area contributed by atoms with Crippen LogP contribution in [0.2, 0.25) is 0 Å². The third-order valence-corrected chi connectivity index (χ3v) is 0.544. The number of hydrogen-bond donors (Lipinski definition) is 0. The molecule has 0 N–H and O–H groups in total. The van der Waals surface area contributed by atoms with Gasteiger partial charge in [-0.05, 0) is 27.7 Å². The summed E-state index contributed by atoms with van der Waals surface area (Å²) in [6.45, 7) is 8.17. The van der Waals surface area contributed by atoms with Crippen LogP contribution in [0, 0.1) is 0 Å². The first-order valence-electron chi connectivity index (χ1n) is 2.78. The zero-order chi connectivity index (χ0) is 5.86. The van der Waals surface area contributed by atoms with Gasteiger partial charge in [0.15, 0.2) is 17.4 Å². The predicted octanol–water partition coefficient (Wildman–Crippen LogP) is 0.636. The molecular weight excluding hydrogens is 115 g/mol. The first-order valence-corrected chi connectivity index (χ1v) is 2.78. The highest BCUT2D eigenvalue weighted by Gasteiger charge is 1.94. The molecular formula is C6H17AlO. The van der Waals surface area contributed by atoms with Crippen molar-refractivity contribution in [3.63, 3.8) is 0 Å². The van der Waals surface area contributed by atoms with E-state index in [9.17, 15) is 0 Å². The molecule has 0 aromatic carbocycles. The van der Waals surface area contributed by atoms with Crippen molar-refractivity contribution in [2.75, 3.05) is 0 Å². The van der Waals surface area contributed by atoms with Crippen molar-refractivity contribution in [1.29, 1.82) is 0 Å². The summed E-state index contributed by atoms with van der Waals surface area (Å²) < 4.78 is 5.25. The lowest BCUT2D eigenvalue weighted by atomic mass is 10.4. The van der Waals surface area contributed by atoms with Crippen LogP contribution in [-0.4, -0.2) is 29.6 Å². The van der Waals surface area contributed by atoms with Crippen LogP contribution in [0.15, 0.2) is 0 Å². The van der Waals surface area contributed by atoms with E-state index in [-0.39, 0.29) is 17.4 Å². The highest BCUT2D eigenvalue weighted by molar-refractivity contribution is 5.75. The second kappa shape index (κ2) is 5.63. The number of rotatable bonds is 2. The lowest BCUT2D eigenvalue weighted by molar-refractivity contribution is 0.0300. The first-order chi connectivity index (χ1) is 3.13. The number of ether oxygens (including phenoxy) is 1. The Hall–Kier alpha value is 0.492. The molecule has 0 saturated carbocycles. The summed E-state index contributed by atoms with van der Waals surface area (Å²) in [4.78, 5) is 0. The maximum absolute atomic E-state index is 5.25. The molecule has 0 aromatic rings. The fourth-order valence-corrected chi connectivity index (χ4v) is 0.544. The maximum atomic E-state index is 5.25. The van der Waals surface area contributed by atoms with Crippen molar-refractivity contribution in [2.24, 2.45) is 0 Å². The van der Waals surface area contributed by atoms with Crippen LogP contribution in [0.4, 0.5) is 0 Å². The Morgan fingerprint density at radius 1 is 0.875 bits per heavy atom. The Labute approximate surface area is 62.6 Å². The van der Waals surface area contributed by atoms with E-state index in [0.717, 1.165) is 0 Å². The maximum Gasteiger partial charge on any atom is 0.187 e. The lowest BCUT2D eigenvalue weighted by Crippen LogP contribution is -2.09. The Morgan fingerprint density at radius 3 is 1.12 bits per heavy atom. The first kappa shape index (κ1) is 11.3. The lowest BCUT2D eigenvalue weighted by Gasteiger charge is -2.09. The predicted molar refractivity (Wildman–Crippen MR) is 41.3 cm³/mol. The Kier molecular flexibility index (Phi) is 7.95. The summed E-state index contributed by atoms with van der Waals surface area (Å²) in [5.74, 6) is 0. The van der Waals surface area contributed by atoms with Crippen LogP contribution in [0.25, 0.3) is 0 Å². The van der Waals surface area contributed by atoms with Gasteiger partial charge in [0.2, 0.25) is 0 Å². The number of hydrogen-bond acceptors (Lipinski definition) is 1. The van der Waals surface area contributed by atoms with Gasteiger partial charge in [0.05, 0.1) is 12.2 Å². The van der Waals surface area contributed by atoms with E-state index in [2.05, 4.69) is 0 Å². The van der Waals surface area contributed by atoms with E-state index in [1.54, 1.807) is 0 Å². The molecule has 0 spiro atoms. The van der Waals surface area contributed by atoms with Gasteiger partial charge >= 0.3 is 0 Å². The van der Waals surface area contributed by atoms with Crippen molar-refractivity contribution in [2.45, 2.75) is 39.9 Å². The molecule has 0 aliphatic carbocycles. The molecule has 1 nitrogen and oxygen atoms in total. The summed E-state index contributed by atoms with van der Waals surface area (Å²) in [6.07, 6.45) is 0.750. The monoisotopic (exact) mass is 132 g/mol. The van der Waals surface area contributed by atoms with Crippen molar-refractivity contribution in [3.05, 3.63) is 0 Å². The minimum Gasteiger partial charge on any atom is -0.376 e. The molecule has 0 radical (unpaired) electrons. The summed E-state index contributed by atoms with van der Waals surface area (Å²) in [6, 6.07) is 0. The SMILES string of the molecule is CC(C)OC(C)C.[AlH3]. The van der Waals surface area contributed by atoms with Gasteiger partial charge in [0.25, 0.3) is 0 Å². The molecule has 50 valence electrons. The second-order valence-corrected chi connectivity index (χ2v) is 2.23. The van der Waals surface area contributed by atoms with Gasteiger partial charge in [-0.2, -0.15) is 0 Å². The highest BCUT2D eigenvalue weighted by Crippen LogP contribution is 1.93. The van der Waals surface area contributed by atoms with E-state index < -0.39 is 0 Å². The minimum absolute atomic E-state index is 0. The van der Waals surface area contributed by atoms with Crippen molar-refractivity contribution in [3.8, 4) is 0 Å². The molecule has 0 amide bonds. The van der Waals surface area contributed by atoms with Crippen LogP contribution in [-0.2, 0) is 4.74 Å². The van der Waals surface area contributed by atoms with Gasteiger partial charge in [-0.15, -0.1) is 0 Å². The highest BCUT2D eigenvalue weighted by atomic mass is 27.0. The largest absolute Gasteiger partial charge is 0.376 e. The summed E-state index contributed by atoms with van der Waals surface area (Å²) >= 11 is 0. The molecule has 0 aliphatic rings. The third-order valence-electron chi connectivity index (χ3n) is 0.544. The average molecular weight is 132 g/mol. The van der Waals surface area contributed by atoms with Crippen LogP contribution < -0.4 is 0 Å². The molecule has 0 atom stereocenters.